The molecule has 2 unspecified atom stereocenters. The predicted molar refractivity (Wildman–Crippen MR) is 192 cm³/mol. The summed E-state index contributed by atoms with van der Waals surface area (Å²) in [5.41, 5.74) is 1.21. The Morgan fingerprint density at radius 2 is 1.09 bits per heavy atom. The highest BCUT2D eigenvalue weighted by atomic mass is 32.2. The van der Waals surface area contributed by atoms with Gasteiger partial charge in [-0.3, -0.25) is 4.18 Å². The van der Waals surface area contributed by atoms with Crippen LogP contribution in [-0.4, -0.2) is 33.6 Å². The molecule has 2 atom stereocenters. The van der Waals surface area contributed by atoms with Gasteiger partial charge in [0.15, 0.2) is 17.4 Å². The van der Waals surface area contributed by atoms with Gasteiger partial charge in [0.25, 0.3) is 10.1 Å². The first-order valence-corrected chi connectivity index (χ1v) is 23.1. The van der Waals surface area contributed by atoms with Crippen molar-refractivity contribution < 1.29 is 47.9 Å². The Morgan fingerprint density at radius 3 is 1.56 bits per heavy atom. The van der Waals surface area contributed by atoms with Gasteiger partial charge in [-0.1, -0.05) is 69.9 Å². The third kappa shape index (κ3) is 7.25. The zero-order valence-corrected chi connectivity index (χ0v) is 32.4. The Bertz CT molecular complexity index is 1900. The van der Waals surface area contributed by atoms with E-state index in [0.29, 0.717) is 36.5 Å². The van der Waals surface area contributed by atoms with Gasteiger partial charge < -0.3 is 9.29 Å². The monoisotopic (exact) mass is 795 g/mol. The van der Waals surface area contributed by atoms with Crippen LogP contribution in [0.5, 0.6) is 5.75 Å². The van der Waals surface area contributed by atoms with Crippen molar-refractivity contribution in [2.24, 2.45) is 17.3 Å². The maximum atomic E-state index is 15.2. The summed E-state index contributed by atoms with van der Waals surface area (Å²) in [5, 5.41) is 0. The fraction of sp³-hybridized carbons (Fsp3) is 0.707. The van der Waals surface area contributed by atoms with Crippen LogP contribution in [0.1, 0.15) is 169 Å². The second-order valence-corrected chi connectivity index (χ2v) is 20.7. The Hall–Kier alpha value is -2.22. The molecule has 7 aliphatic carbocycles. The van der Waals surface area contributed by atoms with Gasteiger partial charge >= 0.3 is 0 Å². The molecule has 7 saturated carbocycles. The van der Waals surface area contributed by atoms with Crippen LogP contribution in [0, 0.1) is 40.5 Å². The molecule has 0 N–H and O–H groups in total. The van der Waals surface area contributed by atoms with Crippen molar-refractivity contribution in [3.8, 4) is 5.75 Å². The minimum Gasteiger partial charge on any atom is -0.744 e. The lowest BCUT2D eigenvalue weighted by atomic mass is 9.48. The SMILES string of the molecule is O=S(=O)([O-])c1c(F)c(F)c(OCC23CC4CC(C2)CC(OS(=O)(=O)c2c(C5CCCCC5)cc(C5CCCCC5)cc2C2CCCCC2)(C4)C3)c(F)c1F. The molecule has 0 radical (unpaired) electrons. The van der Waals surface area contributed by atoms with Gasteiger partial charge in [0, 0.05) is 5.41 Å². The Morgan fingerprint density at radius 1 is 0.630 bits per heavy atom. The molecule has 13 heteroatoms. The molecule has 0 aliphatic heterocycles. The van der Waals surface area contributed by atoms with E-state index >= 15 is 8.42 Å². The molecule has 0 aromatic heterocycles. The predicted octanol–water partition coefficient (Wildman–Crippen LogP) is 10.4. The van der Waals surface area contributed by atoms with Gasteiger partial charge in [-0.05, 0) is 123 Å². The first-order chi connectivity index (χ1) is 25.7. The molecule has 0 amide bonds. The summed E-state index contributed by atoms with van der Waals surface area (Å²) in [6.07, 6.45) is 19.2. The van der Waals surface area contributed by atoms with E-state index in [4.69, 9.17) is 8.92 Å². The van der Waals surface area contributed by atoms with E-state index in [9.17, 15) is 30.5 Å². The standard InChI is InChI=1S/C41H52F4O7S2/c42-33-35(44)39(53(46,47)48)36(45)34(43)37(33)51-24-40-19-25-16-26(20-40)22-41(21-25,23-40)52-54(49,50)38-31(28-12-6-2-7-13-28)17-30(27-10-4-1-5-11-27)18-32(38)29-14-8-3-9-15-29/h17-18,25-29H,1-16,19-24H2,(H,46,47,48)/p-1. The third-order valence-electron chi connectivity index (χ3n) is 14.0. The summed E-state index contributed by atoms with van der Waals surface area (Å²) < 4.78 is 136. The number of halogens is 4. The zero-order chi connectivity index (χ0) is 38.0. The molecule has 7 aliphatic rings. The van der Waals surface area contributed by atoms with Crippen LogP contribution in [0.15, 0.2) is 21.9 Å². The molecule has 4 bridgehead atoms. The maximum absolute atomic E-state index is 15.2. The van der Waals surface area contributed by atoms with E-state index in [1.54, 1.807) is 0 Å². The average Bonchev–Trinajstić information content (AvgIpc) is 3.13. The molecular weight excluding hydrogens is 745 g/mol. The van der Waals surface area contributed by atoms with E-state index in [1.807, 2.05) is 0 Å². The summed E-state index contributed by atoms with van der Waals surface area (Å²) in [7, 11) is -10.2. The lowest BCUT2D eigenvalue weighted by Crippen LogP contribution is -2.59. The van der Waals surface area contributed by atoms with E-state index in [0.717, 1.165) is 94.6 Å². The van der Waals surface area contributed by atoms with Gasteiger partial charge in [-0.15, -0.1) is 0 Å². The molecule has 9 rings (SSSR count). The van der Waals surface area contributed by atoms with Crippen LogP contribution in [-0.2, 0) is 24.4 Å². The molecule has 2 aromatic carbocycles. The van der Waals surface area contributed by atoms with Crippen molar-refractivity contribution in [3.63, 3.8) is 0 Å². The normalized spacial score (nSPS) is 29.9. The summed E-state index contributed by atoms with van der Waals surface area (Å²) >= 11 is 0. The van der Waals surface area contributed by atoms with E-state index in [2.05, 4.69) is 12.1 Å². The Balaban J connectivity index is 1.15. The van der Waals surface area contributed by atoms with Gasteiger partial charge in [0.1, 0.15) is 19.9 Å². The maximum Gasteiger partial charge on any atom is 0.298 e. The van der Waals surface area contributed by atoms with Crippen LogP contribution in [0.3, 0.4) is 0 Å². The van der Waals surface area contributed by atoms with E-state index in [-0.39, 0.29) is 30.1 Å². The highest BCUT2D eigenvalue weighted by molar-refractivity contribution is 7.87. The highest BCUT2D eigenvalue weighted by Crippen LogP contribution is 2.64. The Kier molecular flexibility index (Phi) is 10.5. The summed E-state index contributed by atoms with van der Waals surface area (Å²) in [6.45, 7) is -0.391. The lowest BCUT2D eigenvalue weighted by molar-refractivity contribution is -0.158. The second kappa shape index (κ2) is 14.6. The molecule has 7 nitrogen and oxygen atoms in total. The van der Waals surface area contributed by atoms with Gasteiger partial charge in [0.2, 0.25) is 11.6 Å². The third-order valence-corrected chi connectivity index (χ3v) is 16.4. The summed E-state index contributed by atoms with van der Waals surface area (Å²) in [4.78, 5) is -1.87. The second-order valence-electron chi connectivity index (χ2n) is 17.9. The summed E-state index contributed by atoms with van der Waals surface area (Å²) in [6, 6.07) is 4.43. The number of rotatable bonds is 10. The molecule has 7 fully saturated rings. The largest absolute Gasteiger partial charge is 0.744 e. The van der Waals surface area contributed by atoms with Gasteiger partial charge in [-0.25, -0.2) is 17.2 Å². The van der Waals surface area contributed by atoms with Crippen molar-refractivity contribution in [1.29, 1.82) is 0 Å². The number of hydrogen-bond donors (Lipinski definition) is 0. The molecular formula is C41H51F4O7S2-. The van der Waals surface area contributed by atoms with Crippen molar-refractivity contribution >= 4 is 20.2 Å². The minimum atomic E-state index is -5.86. The van der Waals surface area contributed by atoms with Crippen LogP contribution in [0.2, 0.25) is 0 Å². The van der Waals surface area contributed by atoms with Crippen LogP contribution in [0.25, 0.3) is 0 Å². The number of hydrogen-bond acceptors (Lipinski definition) is 7. The number of benzene rings is 2. The molecule has 298 valence electrons. The number of ether oxygens (including phenoxy) is 1. The average molecular weight is 796 g/mol. The van der Waals surface area contributed by atoms with Gasteiger partial charge in [-0.2, -0.15) is 17.2 Å². The van der Waals surface area contributed by atoms with Crippen molar-refractivity contribution in [2.75, 3.05) is 6.61 Å². The molecule has 0 saturated heterocycles. The molecule has 0 spiro atoms. The molecule has 54 heavy (non-hydrogen) atoms. The zero-order valence-electron chi connectivity index (χ0n) is 30.8. The smallest absolute Gasteiger partial charge is 0.298 e. The van der Waals surface area contributed by atoms with Crippen molar-refractivity contribution in [3.05, 3.63) is 52.1 Å². The quantitative estimate of drug-likeness (QED) is 0.102. The highest BCUT2D eigenvalue weighted by Gasteiger charge is 2.60. The summed E-state index contributed by atoms with van der Waals surface area (Å²) in [5.74, 6) is -9.57. The lowest BCUT2D eigenvalue weighted by Gasteiger charge is -2.60. The fourth-order valence-electron chi connectivity index (χ4n) is 12.2. The van der Waals surface area contributed by atoms with Crippen LogP contribution in [0.4, 0.5) is 17.6 Å². The topological polar surface area (TPSA) is 110 Å². The minimum absolute atomic E-state index is 0.0468. The van der Waals surface area contributed by atoms with Crippen LogP contribution >= 0.6 is 0 Å². The van der Waals surface area contributed by atoms with E-state index < -0.39 is 71.8 Å². The van der Waals surface area contributed by atoms with Crippen molar-refractivity contribution in [2.45, 2.75) is 168 Å². The van der Waals surface area contributed by atoms with Gasteiger partial charge in [0.05, 0.1) is 12.2 Å². The fourth-order valence-corrected chi connectivity index (χ4v) is 14.6. The first-order valence-electron chi connectivity index (χ1n) is 20.3. The first kappa shape index (κ1) is 38.6. The Labute approximate surface area is 316 Å². The molecule has 2 aromatic rings. The van der Waals surface area contributed by atoms with E-state index in [1.165, 1.54) is 24.8 Å². The molecule has 0 heterocycles. The van der Waals surface area contributed by atoms with Crippen molar-refractivity contribution in [1.82, 2.24) is 0 Å². The van der Waals surface area contributed by atoms with Crippen LogP contribution < -0.4 is 4.74 Å².